The number of nitrogens with zero attached hydrogens (tertiary/aromatic N) is 2. The third kappa shape index (κ3) is 2.60. The lowest BCUT2D eigenvalue weighted by molar-refractivity contribution is 0.0698. The second kappa shape index (κ2) is 4.59. The first-order valence-corrected chi connectivity index (χ1v) is 7.97. The number of rotatable bonds is 2. The minimum atomic E-state index is 0.0390. The van der Waals surface area contributed by atoms with Crippen molar-refractivity contribution in [2.45, 2.75) is 65.8 Å². The van der Waals surface area contributed by atoms with Gasteiger partial charge in [-0.3, -0.25) is 4.79 Å². The molecule has 21 heavy (non-hydrogen) atoms. The molecule has 2 bridgehead atoms. The number of hydrogen-bond acceptors (Lipinski definition) is 3. The summed E-state index contributed by atoms with van der Waals surface area (Å²) in [6.07, 6.45) is 3.40. The molecule has 3 rings (SSSR count). The van der Waals surface area contributed by atoms with Crippen LogP contribution in [0, 0.1) is 10.8 Å². The Morgan fingerprint density at radius 3 is 2.71 bits per heavy atom. The van der Waals surface area contributed by atoms with Gasteiger partial charge in [-0.25, -0.2) is 0 Å². The lowest BCUT2D eigenvalue weighted by Gasteiger charge is -2.39. The fraction of sp³-hybridized carbons (Fsp3) is 0.765. The van der Waals surface area contributed by atoms with E-state index < -0.39 is 0 Å². The van der Waals surface area contributed by atoms with Gasteiger partial charge < -0.3 is 9.42 Å². The monoisotopic (exact) mass is 290 g/mol. The van der Waals surface area contributed by atoms with Crippen molar-refractivity contribution in [1.82, 2.24) is 10.1 Å². The SMILES string of the molecule is CC(C)c1cc(C(=O)N2C[C@@]3(C)C[C@H]2CC(C)(C)C3)no1. The molecule has 2 aliphatic rings. The van der Waals surface area contributed by atoms with Crippen LogP contribution in [0.1, 0.15) is 76.0 Å². The molecule has 1 aliphatic heterocycles. The summed E-state index contributed by atoms with van der Waals surface area (Å²) in [7, 11) is 0. The number of carbonyl (C=O) groups excluding carboxylic acids is 1. The molecule has 4 heteroatoms. The minimum absolute atomic E-state index is 0.0390. The van der Waals surface area contributed by atoms with Crippen molar-refractivity contribution in [3.8, 4) is 0 Å². The van der Waals surface area contributed by atoms with Gasteiger partial charge in [0.2, 0.25) is 0 Å². The number of hydrogen-bond donors (Lipinski definition) is 0. The average molecular weight is 290 g/mol. The van der Waals surface area contributed by atoms with Crippen molar-refractivity contribution in [3.05, 3.63) is 17.5 Å². The topological polar surface area (TPSA) is 46.3 Å². The highest BCUT2D eigenvalue weighted by atomic mass is 16.5. The quantitative estimate of drug-likeness (QED) is 0.831. The maximum absolute atomic E-state index is 12.8. The van der Waals surface area contributed by atoms with E-state index in [0.717, 1.165) is 25.1 Å². The van der Waals surface area contributed by atoms with Gasteiger partial charge in [-0.05, 0) is 30.1 Å². The van der Waals surface area contributed by atoms with Gasteiger partial charge in [-0.1, -0.05) is 39.8 Å². The Kier molecular flexibility index (Phi) is 3.19. The highest BCUT2D eigenvalue weighted by Crippen LogP contribution is 2.52. The fourth-order valence-electron chi connectivity index (χ4n) is 4.51. The summed E-state index contributed by atoms with van der Waals surface area (Å²) in [6.45, 7) is 11.9. The molecule has 2 fully saturated rings. The van der Waals surface area contributed by atoms with Crippen LogP contribution in [-0.4, -0.2) is 28.6 Å². The Labute approximate surface area is 126 Å². The zero-order valence-corrected chi connectivity index (χ0v) is 13.8. The molecule has 2 heterocycles. The molecule has 1 saturated carbocycles. The number of fused-ring (bicyclic) bond motifs is 2. The first kappa shape index (κ1) is 14.6. The number of amides is 1. The van der Waals surface area contributed by atoms with Crippen LogP contribution in [0.15, 0.2) is 10.6 Å². The molecule has 0 aromatic carbocycles. The number of likely N-dealkylation sites (tertiary alicyclic amines) is 1. The largest absolute Gasteiger partial charge is 0.360 e. The summed E-state index contributed by atoms with van der Waals surface area (Å²) in [6, 6.07) is 2.16. The van der Waals surface area contributed by atoms with Gasteiger partial charge in [0.1, 0.15) is 5.76 Å². The van der Waals surface area contributed by atoms with Crippen LogP contribution in [-0.2, 0) is 0 Å². The van der Waals surface area contributed by atoms with Gasteiger partial charge in [0.05, 0.1) is 0 Å². The van der Waals surface area contributed by atoms with Gasteiger partial charge in [-0.15, -0.1) is 0 Å². The average Bonchev–Trinajstić information content (AvgIpc) is 2.90. The van der Waals surface area contributed by atoms with Crippen LogP contribution in [0.4, 0.5) is 0 Å². The van der Waals surface area contributed by atoms with Crippen molar-refractivity contribution in [3.63, 3.8) is 0 Å². The normalized spacial score (nSPS) is 31.0. The highest BCUT2D eigenvalue weighted by molar-refractivity contribution is 5.92. The van der Waals surface area contributed by atoms with E-state index in [-0.39, 0.29) is 17.2 Å². The van der Waals surface area contributed by atoms with Crippen LogP contribution < -0.4 is 0 Å². The lowest BCUT2D eigenvalue weighted by atomic mass is 9.65. The molecule has 2 atom stereocenters. The second-order valence-electron chi connectivity index (χ2n) is 8.42. The minimum Gasteiger partial charge on any atom is -0.360 e. The second-order valence-corrected chi connectivity index (χ2v) is 8.42. The van der Waals surface area contributed by atoms with Crippen LogP contribution >= 0.6 is 0 Å². The summed E-state index contributed by atoms with van der Waals surface area (Å²) >= 11 is 0. The molecule has 1 aromatic rings. The summed E-state index contributed by atoms with van der Waals surface area (Å²) < 4.78 is 5.29. The van der Waals surface area contributed by atoms with Crippen LogP contribution in [0.2, 0.25) is 0 Å². The van der Waals surface area contributed by atoms with Gasteiger partial charge in [0, 0.05) is 24.6 Å². The first-order chi connectivity index (χ1) is 9.69. The van der Waals surface area contributed by atoms with E-state index in [9.17, 15) is 4.79 Å². The van der Waals surface area contributed by atoms with E-state index in [1.54, 1.807) is 0 Å². The van der Waals surface area contributed by atoms with E-state index in [1.165, 1.54) is 6.42 Å². The predicted molar refractivity (Wildman–Crippen MR) is 81.2 cm³/mol. The molecular formula is C17H26N2O2. The zero-order chi connectivity index (χ0) is 15.4. The molecule has 4 nitrogen and oxygen atoms in total. The lowest BCUT2D eigenvalue weighted by Crippen LogP contribution is -2.37. The van der Waals surface area contributed by atoms with E-state index in [1.807, 2.05) is 24.8 Å². The third-order valence-electron chi connectivity index (χ3n) is 4.99. The van der Waals surface area contributed by atoms with Crippen molar-refractivity contribution < 1.29 is 9.32 Å². The van der Waals surface area contributed by atoms with Gasteiger partial charge in [0.25, 0.3) is 5.91 Å². The molecule has 0 spiro atoms. The number of carbonyl (C=O) groups is 1. The van der Waals surface area contributed by atoms with Gasteiger partial charge in [-0.2, -0.15) is 0 Å². The Morgan fingerprint density at radius 2 is 2.10 bits per heavy atom. The Morgan fingerprint density at radius 1 is 1.38 bits per heavy atom. The molecule has 1 aromatic heterocycles. The maximum atomic E-state index is 12.8. The molecule has 0 N–H and O–H groups in total. The predicted octanol–water partition coefficient (Wildman–Crippen LogP) is 3.84. The first-order valence-electron chi connectivity index (χ1n) is 7.97. The molecule has 1 amide bonds. The van der Waals surface area contributed by atoms with Gasteiger partial charge >= 0.3 is 0 Å². The summed E-state index contributed by atoms with van der Waals surface area (Å²) in [5.41, 5.74) is 1.04. The Hall–Kier alpha value is -1.32. The van der Waals surface area contributed by atoms with Gasteiger partial charge in [0.15, 0.2) is 5.69 Å². The van der Waals surface area contributed by atoms with Crippen molar-refractivity contribution in [2.75, 3.05) is 6.54 Å². The Bertz CT molecular complexity index is 561. The van der Waals surface area contributed by atoms with E-state index >= 15 is 0 Å². The highest BCUT2D eigenvalue weighted by Gasteiger charge is 2.51. The number of aromatic nitrogens is 1. The molecule has 0 radical (unpaired) electrons. The van der Waals surface area contributed by atoms with Crippen molar-refractivity contribution >= 4 is 5.91 Å². The van der Waals surface area contributed by atoms with Crippen molar-refractivity contribution in [1.29, 1.82) is 0 Å². The summed E-state index contributed by atoms with van der Waals surface area (Å²) in [5, 5.41) is 3.99. The summed E-state index contributed by atoms with van der Waals surface area (Å²) in [4.78, 5) is 14.8. The maximum Gasteiger partial charge on any atom is 0.276 e. The fourth-order valence-corrected chi connectivity index (χ4v) is 4.51. The van der Waals surface area contributed by atoms with E-state index in [0.29, 0.717) is 17.2 Å². The molecule has 116 valence electrons. The molecule has 1 aliphatic carbocycles. The van der Waals surface area contributed by atoms with Crippen LogP contribution in [0.3, 0.4) is 0 Å². The molecule has 1 saturated heterocycles. The van der Waals surface area contributed by atoms with E-state index in [4.69, 9.17) is 4.52 Å². The smallest absolute Gasteiger partial charge is 0.276 e. The van der Waals surface area contributed by atoms with E-state index in [2.05, 4.69) is 25.9 Å². The molecule has 0 unspecified atom stereocenters. The van der Waals surface area contributed by atoms with Crippen LogP contribution in [0.5, 0.6) is 0 Å². The van der Waals surface area contributed by atoms with Crippen LogP contribution in [0.25, 0.3) is 0 Å². The summed E-state index contributed by atoms with van der Waals surface area (Å²) in [5.74, 6) is 1.08. The third-order valence-corrected chi connectivity index (χ3v) is 4.99. The standard InChI is InChI=1S/C17H26N2O2/c1-11(2)14-6-13(18-21-14)15(20)19-10-17(5)8-12(19)7-16(3,4)9-17/h6,11-12H,7-10H2,1-5H3/t12-,17+/m1/s1. The molecular weight excluding hydrogens is 264 g/mol. The Balaban J connectivity index is 1.82. The zero-order valence-electron chi connectivity index (χ0n) is 13.8. The van der Waals surface area contributed by atoms with Crippen molar-refractivity contribution in [2.24, 2.45) is 10.8 Å².